The molecule has 0 saturated carbocycles. The molecule has 0 radical (unpaired) electrons. The molecule has 0 aliphatic carbocycles. The van der Waals surface area contributed by atoms with Crippen LogP contribution in [0.4, 0.5) is 5.69 Å². The Morgan fingerprint density at radius 2 is 1.67 bits per heavy atom. The van der Waals surface area contributed by atoms with E-state index in [9.17, 15) is 4.79 Å². The molecule has 0 aliphatic rings. The molecule has 0 fully saturated rings. The Morgan fingerprint density at radius 1 is 0.933 bits per heavy atom. The maximum absolute atomic E-state index is 12.8. The summed E-state index contributed by atoms with van der Waals surface area (Å²) in [7, 11) is 0. The number of rotatable bonds is 4. The smallest absolute Gasteiger partial charge is 0.295 e. The summed E-state index contributed by atoms with van der Waals surface area (Å²) in [4.78, 5) is 17.4. The van der Waals surface area contributed by atoms with Gasteiger partial charge >= 0.3 is 0 Å². The number of halogens is 2. The first kappa shape index (κ1) is 20.1. The Bertz CT molecular complexity index is 1230. The van der Waals surface area contributed by atoms with Crippen molar-refractivity contribution in [3.63, 3.8) is 0 Å². The van der Waals surface area contributed by atoms with E-state index in [2.05, 4.69) is 15.4 Å². The van der Waals surface area contributed by atoms with Crippen molar-refractivity contribution in [2.75, 3.05) is 5.32 Å². The van der Waals surface area contributed by atoms with Crippen molar-refractivity contribution in [2.24, 2.45) is 0 Å². The lowest BCUT2D eigenvalue weighted by Crippen LogP contribution is -2.14. The summed E-state index contributed by atoms with van der Waals surface area (Å²) < 4.78 is 1.62. The van der Waals surface area contributed by atoms with Crippen molar-refractivity contribution >= 4 is 34.8 Å². The second-order valence-electron chi connectivity index (χ2n) is 6.93. The van der Waals surface area contributed by atoms with Gasteiger partial charge in [0.15, 0.2) is 5.82 Å². The van der Waals surface area contributed by atoms with E-state index in [1.54, 1.807) is 28.9 Å². The molecule has 0 atom stereocenters. The zero-order valence-electron chi connectivity index (χ0n) is 16.4. The average molecular weight is 437 g/mol. The number of amides is 1. The van der Waals surface area contributed by atoms with Gasteiger partial charge in [0.2, 0.25) is 5.82 Å². The number of benzene rings is 3. The SMILES string of the molecule is Cc1ccc(NC(=O)c2nc(-c3cccc(Cl)c3)n(-c3cc(Cl)ccc3C)n2)cc1. The molecule has 0 bridgehead atoms. The number of aryl methyl sites for hydroxylation is 2. The normalized spacial score (nSPS) is 10.8. The predicted octanol–water partition coefficient (Wildman–Crippen LogP) is 6.11. The van der Waals surface area contributed by atoms with Gasteiger partial charge in [-0.15, -0.1) is 5.10 Å². The highest BCUT2D eigenvalue weighted by Gasteiger charge is 2.20. The second kappa shape index (κ2) is 8.30. The molecule has 5 nitrogen and oxygen atoms in total. The molecule has 7 heteroatoms. The molecule has 4 rings (SSSR count). The van der Waals surface area contributed by atoms with Crippen molar-refractivity contribution in [3.8, 4) is 17.1 Å². The van der Waals surface area contributed by atoms with E-state index >= 15 is 0 Å². The minimum absolute atomic E-state index is 0.0462. The molecule has 4 aromatic rings. The van der Waals surface area contributed by atoms with Crippen LogP contribution in [0.1, 0.15) is 21.7 Å². The monoisotopic (exact) mass is 436 g/mol. The molecule has 1 N–H and O–H groups in total. The third-order valence-electron chi connectivity index (χ3n) is 4.60. The Labute approximate surface area is 184 Å². The number of aromatic nitrogens is 3. The lowest BCUT2D eigenvalue weighted by atomic mass is 10.2. The van der Waals surface area contributed by atoms with E-state index < -0.39 is 5.91 Å². The largest absolute Gasteiger partial charge is 0.319 e. The lowest BCUT2D eigenvalue weighted by molar-refractivity contribution is 0.101. The average Bonchev–Trinajstić information content (AvgIpc) is 3.17. The van der Waals surface area contributed by atoms with E-state index in [1.807, 2.05) is 56.3 Å². The Hall–Kier alpha value is -3.15. The minimum Gasteiger partial charge on any atom is -0.319 e. The number of carbonyl (C=O) groups is 1. The van der Waals surface area contributed by atoms with Crippen LogP contribution in [0.25, 0.3) is 17.1 Å². The van der Waals surface area contributed by atoms with Gasteiger partial charge in [-0.05, 0) is 55.8 Å². The maximum Gasteiger partial charge on any atom is 0.295 e. The molecule has 150 valence electrons. The van der Waals surface area contributed by atoms with Crippen molar-refractivity contribution in [1.29, 1.82) is 0 Å². The molecule has 1 amide bonds. The van der Waals surface area contributed by atoms with E-state index in [-0.39, 0.29) is 5.82 Å². The van der Waals surface area contributed by atoms with Crippen LogP contribution in [0.15, 0.2) is 66.7 Å². The molecule has 0 saturated heterocycles. The van der Waals surface area contributed by atoms with Gasteiger partial charge in [0.05, 0.1) is 5.69 Å². The molecule has 30 heavy (non-hydrogen) atoms. The number of hydrogen-bond acceptors (Lipinski definition) is 3. The third kappa shape index (κ3) is 4.22. The van der Waals surface area contributed by atoms with Gasteiger partial charge in [-0.3, -0.25) is 4.79 Å². The highest BCUT2D eigenvalue weighted by molar-refractivity contribution is 6.31. The minimum atomic E-state index is -0.402. The summed E-state index contributed by atoms with van der Waals surface area (Å²) in [5.74, 6) is 0.141. The fourth-order valence-corrected chi connectivity index (χ4v) is 3.38. The van der Waals surface area contributed by atoms with Crippen LogP contribution in [0, 0.1) is 13.8 Å². The van der Waals surface area contributed by atoms with Crippen molar-refractivity contribution in [2.45, 2.75) is 13.8 Å². The topological polar surface area (TPSA) is 59.8 Å². The molecule has 0 unspecified atom stereocenters. The van der Waals surface area contributed by atoms with Gasteiger partial charge in [-0.25, -0.2) is 9.67 Å². The summed E-state index contributed by atoms with van der Waals surface area (Å²) in [6, 6.07) is 20.3. The molecular weight excluding hydrogens is 419 g/mol. The Balaban J connectivity index is 1.80. The van der Waals surface area contributed by atoms with Crippen LogP contribution in [0.5, 0.6) is 0 Å². The predicted molar refractivity (Wildman–Crippen MR) is 121 cm³/mol. The van der Waals surface area contributed by atoms with Crippen LogP contribution in [-0.2, 0) is 0 Å². The lowest BCUT2D eigenvalue weighted by Gasteiger charge is -2.09. The van der Waals surface area contributed by atoms with E-state index in [4.69, 9.17) is 23.2 Å². The number of anilines is 1. The molecule has 1 heterocycles. The summed E-state index contributed by atoms with van der Waals surface area (Å²) >= 11 is 12.4. The van der Waals surface area contributed by atoms with Crippen LogP contribution in [0.2, 0.25) is 10.0 Å². The quantitative estimate of drug-likeness (QED) is 0.419. The Morgan fingerprint density at radius 3 is 2.40 bits per heavy atom. The first-order valence-corrected chi connectivity index (χ1v) is 10.0. The number of nitrogens with zero attached hydrogens (tertiary/aromatic N) is 3. The first-order chi connectivity index (χ1) is 14.4. The number of carbonyl (C=O) groups excluding carboxylic acids is 1. The second-order valence-corrected chi connectivity index (χ2v) is 7.80. The summed E-state index contributed by atoms with van der Waals surface area (Å²) in [6.07, 6.45) is 0. The fourth-order valence-electron chi connectivity index (χ4n) is 3.03. The van der Waals surface area contributed by atoms with Gasteiger partial charge in [-0.2, -0.15) is 0 Å². The molecule has 0 spiro atoms. The van der Waals surface area contributed by atoms with Crippen LogP contribution >= 0.6 is 23.2 Å². The van der Waals surface area contributed by atoms with Gasteiger partial charge in [0, 0.05) is 21.3 Å². The van der Waals surface area contributed by atoms with Crippen LogP contribution in [-0.4, -0.2) is 20.7 Å². The fraction of sp³-hybridized carbons (Fsp3) is 0.0870. The maximum atomic E-state index is 12.8. The van der Waals surface area contributed by atoms with E-state index in [1.165, 1.54) is 0 Å². The summed E-state index contributed by atoms with van der Waals surface area (Å²) in [5, 5.41) is 8.46. The van der Waals surface area contributed by atoms with E-state index in [0.29, 0.717) is 21.6 Å². The zero-order chi connectivity index (χ0) is 21.3. The number of nitrogens with one attached hydrogen (secondary N) is 1. The third-order valence-corrected chi connectivity index (χ3v) is 5.07. The van der Waals surface area contributed by atoms with E-state index in [0.717, 1.165) is 22.4 Å². The molecule has 0 aliphatic heterocycles. The summed E-state index contributed by atoms with van der Waals surface area (Å²) in [5.41, 5.74) is 4.20. The van der Waals surface area contributed by atoms with Gasteiger partial charge in [0.1, 0.15) is 0 Å². The van der Waals surface area contributed by atoms with Crippen molar-refractivity contribution in [3.05, 3.63) is 93.7 Å². The van der Waals surface area contributed by atoms with Gasteiger partial charge in [-0.1, -0.05) is 59.1 Å². The first-order valence-electron chi connectivity index (χ1n) is 9.28. The highest BCUT2D eigenvalue weighted by atomic mass is 35.5. The summed E-state index contributed by atoms with van der Waals surface area (Å²) in [6.45, 7) is 3.93. The standard InChI is InChI=1S/C23H18Cl2N4O/c1-14-6-10-19(11-7-14)26-23(30)21-27-22(16-4-3-5-17(24)12-16)29(28-21)20-13-18(25)9-8-15(20)2/h3-13H,1-2H3,(H,26,30). The molecule has 3 aromatic carbocycles. The van der Waals surface area contributed by atoms with Gasteiger partial charge in [0.25, 0.3) is 5.91 Å². The van der Waals surface area contributed by atoms with Crippen LogP contribution in [0.3, 0.4) is 0 Å². The zero-order valence-corrected chi connectivity index (χ0v) is 17.9. The van der Waals surface area contributed by atoms with Crippen LogP contribution < -0.4 is 5.32 Å². The van der Waals surface area contributed by atoms with Crippen molar-refractivity contribution < 1.29 is 4.79 Å². The highest BCUT2D eigenvalue weighted by Crippen LogP contribution is 2.27. The molecule has 1 aromatic heterocycles. The Kier molecular flexibility index (Phi) is 5.57. The van der Waals surface area contributed by atoms with Crippen molar-refractivity contribution in [1.82, 2.24) is 14.8 Å². The van der Waals surface area contributed by atoms with Gasteiger partial charge < -0.3 is 5.32 Å². The molecular formula is C23H18Cl2N4O. The number of hydrogen-bond donors (Lipinski definition) is 1.